The van der Waals surface area contributed by atoms with Crippen LogP contribution < -0.4 is 14.8 Å². The SMILES string of the molecule is Cc1cc(C)cc(OCCNC(=O)c2ccc(S(=O)(=O)Nc3ccccc3C)cc2)c1. The molecule has 0 saturated carbocycles. The third-order valence-corrected chi connectivity index (χ3v) is 6.05. The summed E-state index contributed by atoms with van der Waals surface area (Å²) in [7, 11) is -3.74. The van der Waals surface area contributed by atoms with Gasteiger partial charge in [-0.2, -0.15) is 0 Å². The summed E-state index contributed by atoms with van der Waals surface area (Å²) in [4.78, 5) is 12.4. The van der Waals surface area contributed by atoms with E-state index in [1.807, 2.05) is 45.0 Å². The quantitative estimate of drug-likeness (QED) is 0.516. The molecule has 0 fully saturated rings. The normalized spacial score (nSPS) is 11.1. The van der Waals surface area contributed by atoms with Crippen LogP contribution in [0.5, 0.6) is 5.75 Å². The molecule has 3 rings (SSSR count). The third kappa shape index (κ3) is 6.08. The van der Waals surface area contributed by atoms with E-state index in [4.69, 9.17) is 4.74 Å². The van der Waals surface area contributed by atoms with Gasteiger partial charge >= 0.3 is 0 Å². The number of hydrogen-bond acceptors (Lipinski definition) is 4. The maximum atomic E-state index is 12.6. The van der Waals surface area contributed by atoms with E-state index in [0.717, 1.165) is 22.4 Å². The molecule has 0 aliphatic rings. The average Bonchev–Trinajstić information content (AvgIpc) is 2.72. The van der Waals surface area contributed by atoms with Crippen LogP contribution in [0, 0.1) is 20.8 Å². The summed E-state index contributed by atoms with van der Waals surface area (Å²) in [5.74, 6) is 0.474. The number of rotatable bonds is 8. The van der Waals surface area contributed by atoms with Crippen LogP contribution in [0.3, 0.4) is 0 Å². The lowest BCUT2D eigenvalue weighted by Gasteiger charge is -2.11. The van der Waals surface area contributed by atoms with Crippen molar-refractivity contribution in [2.45, 2.75) is 25.7 Å². The fourth-order valence-corrected chi connectivity index (χ4v) is 4.26. The van der Waals surface area contributed by atoms with Gasteiger partial charge in [0.25, 0.3) is 15.9 Å². The average molecular weight is 439 g/mol. The molecule has 1 amide bonds. The van der Waals surface area contributed by atoms with Crippen LogP contribution in [0.25, 0.3) is 0 Å². The lowest BCUT2D eigenvalue weighted by Crippen LogP contribution is -2.28. The number of nitrogens with one attached hydrogen (secondary N) is 2. The second kappa shape index (κ2) is 9.66. The van der Waals surface area contributed by atoms with Crippen LogP contribution in [0.1, 0.15) is 27.0 Å². The van der Waals surface area contributed by atoms with E-state index in [1.54, 1.807) is 12.1 Å². The topological polar surface area (TPSA) is 84.5 Å². The maximum absolute atomic E-state index is 12.6. The van der Waals surface area contributed by atoms with Gasteiger partial charge in [0.15, 0.2) is 0 Å². The summed E-state index contributed by atoms with van der Waals surface area (Å²) in [6.45, 7) is 6.50. The van der Waals surface area contributed by atoms with Crippen molar-refractivity contribution in [2.75, 3.05) is 17.9 Å². The fourth-order valence-electron chi connectivity index (χ4n) is 3.13. The predicted octanol–water partition coefficient (Wildman–Crippen LogP) is 4.22. The number of carbonyl (C=O) groups excluding carboxylic acids is 1. The van der Waals surface area contributed by atoms with E-state index in [1.165, 1.54) is 24.3 Å². The van der Waals surface area contributed by atoms with Crippen LogP contribution in [0.2, 0.25) is 0 Å². The van der Waals surface area contributed by atoms with Gasteiger partial charge in [-0.3, -0.25) is 9.52 Å². The predicted molar refractivity (Wildman–Crippen MR) is 122 cm³/mol. The Morgan fingerprint density at radius 2 is 1.55 bits per heavy atom. The second-order valence-corrected chi connectivity index (χ2v) is 9.05. The summed E-state index contributed by atoms with van der Waals surface area (Å²) < 4.78 is 33.5. The molecule has 0 atom stereocenters. The van der Waals surface area contributed by atoms with Gasteiger partial charge in [0.1, 0.15) is 12.4 Å². The van der Waals surface area contributed by atoms with Crippen molar-refractivity contribution in [3.63, 3.8) is 0 Å². The van der Waals surface area contributed by atoms with Gasteiger partial charge in [-0.1, -0.05) is 24.3 Å². The molecule has 0 saturated heterocycles. The fraction of sp³-hybridized carbons (Fsp3) is 0.208. The minimum Gasteiger partial charge on any atom is -0.492 e. The van der Waals surface area contributed by atoms with Gasteiger partial charge in [-0.15, -0.1) is 0 Å². The minimum absolute atomic E-state index is 0.0884. The van der Waals surface area contributed by atoms with E-state index in [9.17, 15) is 13.2 Å². The highest BCUT2D eigenvalue weighted by Crippen LogP contribution is 2.20. The number of hydrogen-bond donors (Lipinski definition) is 2. The van der Waals surface area contributed by atoms with Gasteiger partial charge in [-0.05, 0) is 79.9 Å². The Kier molecular flexibility index (Phi) is 6.97. The summed E-state index contributed by atoms with van der Waals surface area (Å²) in [6.07, 6.45) is 0. The number of carbonyl (C=O) groups is 1. The number of anilines is 1. The van der Waals surface area contributed by atoms with Crippen LogP contribution in [0.15, 0.2) is 71.6 Å². The molecule has 162 valence electrons. The molecule has 0 aliphatic carbocycles. The van der Waals surface area contributed by atoms with Gasteiger partial charge in [0, 0.05) is 5.56 Å². The van der Waals surface area contributed by atoms with Crippen LogP contribution >= 0.6 is 0 Å². The number of amides is 1. The van der Waals surface area contributed by atoms with Crippen molar-refractivity contribution in [3.8, 4) is 5.75 Å². The zero-order valence-corrected chi connectivity index (χ0v) is 18.6. The van der Waals surface area contributed by atoms with Crippen molar-refractivity contribution in [3.05, 3.63) is 89.0 Å². The van der Waals surface area contributed by atoms with Crippen molar-refractivity contribution >= 4 is 21.6 Å². The molecule has 0 bridgehead atoms. The summed E-state index contributed by atoms with van der Waals surface area (Å²) in [5, 5.41) is 2.77. The Hall–Kier alpha value is -3.32. The molecular formula is C24H26N2O4S. The summed E-state index contributed by atoms with van der Waals surface area (Å²) >= 11 is 0. The minimum atomic E-state index is -3.74. The molecule has 31 heavy (non-hydrogen) atoms. The Morgan fingerprint density at radius 3 is 2.19 bits per heavy atom. The molecule has 7 heteroatoms. The van der Waals surface area contributed by atoms with Crippen LogP contribution in [-0.4, -0.2) is 27.5 Å². The molecule has 0 aliphatic heterocycles. The first-order valence-corrected chi connectivity index (χ1v) is 11.4. The van der Waals surface area contributed by atoms with Crippen molar-refractivity contribution in [1.29, 1.82) is 0 Å². The van der Waals surface area contributed by atoms with Gasteiger partial charge < -0.3 is 10.1 Å². The molecule has 0 spiro atoms. The highest BCUT2D eigenvalue weighted by atomic mass is 32.2. The molecular weight excluding hydrogens is 412 g/mol. The van der Waals surface area contributed by atoms with E-state index in [-0.39, 0.29) is 10.8 Å². The smallest absolute Gasteiger partial charge is 0.261 e. The van der Waals surface area contributed by atoms with Crippen molar-refractivity contribution in [1.82, 2.24) is 5.32 Å². The monoisotopic (exact) mass is 438 g/mol. The number of benzene rings is 3. The standard InChI is InChI=1S/C24H26N2O4S/c1-17-14-18(2)16-21(15-17)30-13-12-25-24(27)20-8-10-22(11-9-20)31(28,29)26-23-7-5-4-6-19(23)3/h4-11,14-16,26H,12-13H2,1-3H3,(H,25,27). The highest BCUT2D eigenvalue weighted by molar-refractivity contribution is 7.92. The molecule has 2 N–H and O–H groups in total. The number of para-hydroxylation sites is 1. The maximum Gasteiger partial charge on any atom is 0.261 e. The molecule has 3 aromatic rings. The zero-order chi connectivity index (χ0) is 22.4. The lowest BCUT2D eigenvalue weighted by atomic mass is 10.1. The molecule has 0 unspecified atom stereocenters. The first kappa shape index (κ1) is 22.4. The lowest BCUT2D eigenvalue weighted by molar-refractivity contribution is 0.0947. The Morgan fingerprint density at radius 1 is 0.903 bits per heavy atom. The summed E-state index contributed by atoms with van der Waals surface area (Å²) in [6, 6.07) is 18.9. The van der Waals surface area contributed by atoms with Gasteiger partial charge in [-0.25, -0.2) is 8.42 Å². The van der Waals surface area contributed by atoms with Crippen LogP contribution in [-0.2, 0) is 10.0 Å². The van der Waals surface area contributed by atoms with E-state index in [0.29, 0.717) is 24.4 Å². The number of aryl methyl sites for hydroxylation is 3. The molecule has 3 aromatic carbocycles. The molecule has 6 nitrogen and oxygen atoms in total. The summed E-state index contributed by atoms with van der Waals surface area (Å²) in [5.41, 5.74) is 3.96. The Labute approximate surface area is 183 Å². The van der Waals surface area contributed by atoms with Crippen LogP contribution in [0.4, 0.5) is 5.69 Å². The van der Waals surface area contributed by atoms with Gasteiger partial charge in [0.05, 0.1) is 17.1 Å². The first-order valence-electron chi connectivity index (χ1n) is 9.92. The van der Waals surface area contributed by atoms with Gasteiger partial charge in [0.2, 0.25) is 0 Å². The Bertz CT molecular complexity index is 1150. The van der Waals surface area contributed by atoms with Crippen molar-refractivity contribution < 1.29 is 17.9 Å². The second-order valence-electron chi connectivity index (χ2n) is 7.37. The van der Waals surface area contributed by atoms with E-state index in [2.05, 4.69) is 16.1 Å². The number of ether oxygens (including phenoxy) is 1. The first-order chi connectivity index (χ1) is 14.7. The van der Waals surface area contributed by atoms with E-state index >= 15 is 0 Å². The highest BCUT2D eigenvalue weighted by Gasteiger charge is 2.16. The molecule has 0 heterocycles. The zero-order valence-electron chi connectivity index (χ0n) is 17.8. The van der Waals surface area contributed by atoms with Crippen molar-refractivity contribution in [2.24, 2.45) is 0 Å². The van der Waals surface area contributed by atoms with E-state index < -0.39 is 10.0 Å². The largest absolute Gasteiger partial charge is 0.492 e. The number of sulfonamides is 1. The molecule has 0 aromatic heterocycles. The Balaban J connectivity index is 1.55. The third-order valence-electron chi connectivity index (χ3n) is 4.67. The molecule has 0 radical (unpaired) electrons.